The van der Waals surface area contributed by atoms with Crippen LogP contribution in [-0.2, 0) is 4.79 Å². The van der Waals surface area contributed by atoms with Crippen molar-refractivity contribution in [3.8, 4) is 0 Å². The van der Waals surface area contributed by atoms with Crippen LogP contribution in [0.4, 0.5) is 0 Å². The van der Waals surface area contributed by atoms with Gasteiger partial charge in [0.05, 0.1) is 6.54 Å². The maximum atomic E-state index is 11.7. The zero-order chi connectivity index (χ0) is 15.2. The van der Waals surface area contributed by atoms with Crippen LogP contribution in [-0.4, -0.2) is 86.1 Å². The van der Waals surface area contributed by atoms with Crippen LogP contribution in [0.5, 0.6) is 0 Å². The van der Waals surface area contributed by atoms with E-state index in [2.05, 4.69) is 22.0 Å². The molecule has 1 N–H and O–H groups in total. The van der Waals surface area contributed by atoms with Crippen LogP contribution in [0.25, 0.3) is 0 Å². The number of rotatable bonds is 5. The van der Waals surface area contributed by atoms with Gasteiger partial charge in [-0.1, -0.05) is 6.92 Å². The van der Waals surface area contributed by atoms with Gasteiger partial charge in [0.25, 0.3) is 0 Å². The number of likely N-dealkylation sites (N-methyl/N-ethyl adjacent to an activating group) is 2. The molecule has 122 valence electrons. The van der Waals surface area contributed by atoms with Gasteiger partial charge in [-0.2, -0.15) is 0 Å². The molecular weight excluding hydrogens is 264 g/mol. The fourth-order valence-corrected chi connectivity index (χ4v) is 3.40. The van der Waals surface area contributed by atoms with E-state index in [4.69, 9.17) is 0 Å². The molecule has 5 nitrogen and oxygen atoms in total. The lowest BCUT2D eigenvalue weighted by Gasteiger charge is -2.38. The second-order valence-corrected chi connectivity index (χ2v) is 6.74. The molecule has 2 saturated heterocycles. The van der Waals surface area contributed by atoms with Crippen molar-refractivity contribution in [1.82, 2.24) is 20.0 Å². The predicted octanol–water partition coefficient (Wildman–Crippen LogP) is 0.613. The van der Waals surface area contributed by atoms with Crippen LogP contribution in [0.1, 0.15) is 32.6 Å². The van der Waals surface area contributed by atoms with E-state index in [0.717, 1.165) is 13.1 Å². The summed E-state index contributed by atoms with van der Waals surface area (Å²) in [6, 6.07) is 1.30. The van der Waals surface area contributed by atoms with Gasteiger partial charge in [0.15, 0.2) is 0 Å². The summed E-state index contributed by atoms with van der Waals surface area (Å²) in [6.45, 7) is 8.55. The van der Waals surface area contributed by atoms with Gasteiger partial charge < -0.3 is 15.1 Å². The maximum Gasteiger partial charge on any atom is 0.236 e. The normalized spacial score (nSPS) is 26.0. The zero-order valence-electron chi connectivity index (χ0n) is 14.0. The molecule has 0 bridgehead atoms. The minimum absolute atomic E-state index is 0.215. The maximum absolute atomic E-state index is 11.7. The molecule has 0 spiro atoms. The lowest BCUT2D eigenvalue weighted by molar-refractivity contribution is -0.130. The van der Waals surface area contributed by atoms with E-state index in [9.17, 15) is 4.79 Å². The standard InChI is InChI=1S/C16H32N4O/c1-4-19-9-5-6-15(12-19)17-14-7-10-20(11-8-14)13-16(21)18(2)3/h14-15,17H,4-13H2,1-3H3. The Morgan fingerprint density at radius 1 is 1.10 bits per heavy atom. The van der Waals surface area contributed by atoms with Crippen molar-refractivity contribution in [3.63, 3.8) is 0 Å². The van der Waals surface area contributed by atoms with E-state index >= 15 is 0 Å². The molecule has 0 saturated carbocycles. The van der Waals surface area contributed by atoms with Crippen molar-refractivity contribution >= 4 is 5.91 Å². The SMILES string of the molecule is CCN1CCCC(NC2CCN(CC(=O)N(C)C)CC2)C1. The summed E-state index contributed by atoms with van der Waals surface area (Å²) >= 11 is 0. The summed E-state index contributed by atoms with van der Waals surface area (Å²) in [4.78, 5) is 18.3. The monoisotopic (exact) mass is 296 g/mol. The number of hydrogen-bond donors (Lipinski definition) is 1. The Morgan fingerprint density at radius 2 is 1.81 bits per heavy atom. The molecule has 0 radical (unpaired) electrons. The number of piperidine rings is 2. The van der Waals surface area contributed by atoms with Crippen LogP contribution >= 0.6 is 0 Å². The van der Waals surface area contributed by atoms with Crippen LogP contribution in [0.15, 0.2) is 0 Å². The van der Waals surface area contributed by atoms with E-state index in [-0.39, 0.29) is 5.91 Å². The fraction of sp³-hybridized carbons (Fsp3) is 0.938. The van der Waals surface area contributed by atoms with Gasteiger partial charge in [-0.25, -0.2) is 0 Å². The summed E-state index contributed by atoms with van der Waals surface area (Å²) in [5, 5.41) is 3.86. The average molecular weight is 296 g/mol. The van der Waals surface area contributed by atoms with Crippen molar-refractivity contribution in [2.75, 3.05) is 53.4 Å². The molecule has 2 fully saturated rings. The topological polar surface area (TPSA) is 38.8 Å². The number of carbonyl (C=O) groups is 1. The predicted molar refractivity (Wildman–Crippen MR) is 86.4 cm³/mol. The van der Waals surface area contributed by atoms with Crippen molar-refractivity contribution in [1.29, 1.82) is 0 Å². The quantitative estimate of drug-likeness (QED) is 0.807. The smallest absolute Gasteiger partial charge is 0.236 e. The lowest BCUT2D eigenvalue weighted by atomic mass is 10.00. The van der Waals surface area contributed by atoms with E-state index in [1.165, 1.54) is 45.3 Å². The van der Waals surface area contributed by atoms with Crippen molar-refractivity contribution < 1.29 is 4.79 Å². The number of hydrogen-bond acceptors (Lipinski definition) is 4. The molecule has 1 atom stereocenters. The third-order valence-corrected chi connectivity index (χ3v) is 4.87. The third-order valence-electron chi connectivity index (χ3n) is 4.87. The largest absolute Gasteiger partial charge is 0.348 e. The Kier molecular flexibility index (Phi) is 6.45. The molecule has 2 heterocycles. The van der Waals surface area contributed by atoms with Crippen molar-refractivity contribution in [2.45, 2.75) is 44.7 Å². The van der Waals surface area contributed by atoms with E-state index in [1.807, 2.05) is 14.1 Å². The molecule has 0 aromatic carbocycles. The van der Waals surface area contributed by atoms with E-state index in [0.29, 0.717) is 18.6 Å². The Balaban J connectivity index is 1.68. The van der Waals surface area contributed by atoms with Crippen molar-refractivity contribution in [2.24, 2.45) is 0 Å². The first-order valence-corrected chi connectivity index (χ1v) is 8.49. The number of carbonyl (C=O) groups excluding carboxylic acids is 1. The molecule has 1 unspecified atom stereocenters. The summed E-state index contributed by atoms with van der Waals surface area (Å²) in [7, 11) is 3.67. The van der Waals surface area contributed by atoms with Crippen LogP contribution in [0.2, 0.25) is 0 Å². The molecule has 2 aliphatic heterocycles. The highest BCUT2D eigenvalue weighted by Crippen LogP contribution is 2.15. The number of likely N-dealkylation sites (tertiary alicyclic amines) is 2. The van der Waals surface area contributed by atoms with Gasteiger partial charge in [-0.05, 0) is 38.8 Å². The van der Waals surface area contributed by atoms with Crippen molar-refractivity contribution in [3.05, 3.63) is 0 Å². The van der Waals surface area contributed by atoms with Crippen LogP contribution in [0.3, 0.4) is 0 Å². The fourth-order valence-electron chi connectivity index (χ4n) is 3.40. The molecule has 1 amide bonds. The lowest BCUT2D eigenvalue weighted by Crippen LogP contribution is -2.52. The molecular formula is C16H32N4O. The van der Waals surface area contributed by atoms with Gasteiger partial charge in [0, 0.05) is 45.8 Å². The highest BCUT2D eigenvalue weighted by molar-refractivity contribution is 5.77. The highest BCUT2D eigenvalue weighted by Gasteiger charge is 2.25. The Morgan fingerprint density at radius 3 is 2.43 bits per heavy atom. The molecule has 0 aromatic rings. The van der Waals surface area contributed by atoms with Crippen LogP contribution < -0.4 is 5.32 Å². The Labute approximate surface area is 129 Å². The molecule has 2 rings (SSSR count). The Bertz CT molecular complexity index is 326. The summed E-state index contributed by atoms with van der Waals surface area (Å²) in [6.07, 6.45) is 4.98. The number of nitrogens with zero attached hydrogens (tertiary/aromatic N) is 3. The molecule has 2 aliphatic rings. The Hall–Kier alpha value is -0.650. The summed E-state index contributed by atoms with van der Waals surface area (Å²) in [5.74, 6) is 0.215. The minimum Gasteiger partial charge on any atom is -0.348 e. The van der Waals surface area contributed by atoms with E-state index < -0.39 is 0 Å². The first-order chi connectivity index (χ1) is 10.1. The summed E-state index contributed by atoms with van der Waals surface area (Å²) in [5.41, 5.74) is 0. The van der Waals surface area contributed by atoms with Gasteiger partial charge in [0.1, 0.15) is 0 Å². The van der Waals surface area contributed by atoms with E-state index in [1.54, 1.807) is 4.90 Å². The highest BCUT2D eigenvalue weighted by atomic mass is 16.2. The van der Waals surface area contributed by atoms with Crippen LogP contribution in [0, 0.1) is 0 Å². The number of nitrogens with one attached hydrogen (secondary N) is 1. The van der Waals surface area contributed by atoms with Gasteiger partial charge in [0.2, 0.25) is 5.91 Å². The molecule has 21 heavy (non-hydrogen) atoms. The van der Waals surface area contributed by atoms with Gasteiger partial charge >= 0.3 is 0 Å². The zero-order valence-corrected chi connectivity index (χ0v) is 14.0. The summed E-state index contributed by atoms with van der Waals surface area (Å²) < 4.78 is 0. The minimum atomic E-state index is 0.215. The first-order valence-electron chi connectivity index (χ1n) is 8.49. The molecule has 0 aliphatic carbocycles. The number of amides is 1. The molecule has 5 heteroatoms. The molecule has 0 aromatic heterocycles. The average Bonchev–Trinajstić information content (AvgIpc) is 2.49. The second-order valence-electron chi connectivity index (χ2n) is 6.74. The first kappa shape index (κ1) is 16.7. The third kappa shape index (κ3) is 5.24. The second kappa shape index (κ2) is 8.11. The van der Waals surface area contributed by atoms with Gasteiger partial charge in [-0.15, -0.1) is 0 Å². The van der Waals surface area contributed by atoms with Gasteiger partial charge in [-0.3, -0.25) is 9.69 Å².